The number of carbonyl (C=O) groups excluding carboxylic acids is 1. The number of ether oxygens (including phenoxy) is 1. The minimum absolute atomic E-state index is 0.133. The van der Waals surface area contributed by atoms with Crippen molar-refractivity contribution in [2.75, 3.05) is 0 Å². The van der Waals surface area contributed by atoms with Gasteiger partial charge in [0.25, 0.3) is 0 Å². The van der Waals surface area contributed by atoms with Crippen LogP contribution in [-0.4, -0.2) is 22.6 Å². The van der Waals surface area contributed by atoms with Gasteiger partial charge in [-0.1, -0.05) is 6.07 Å². The number of carboxylic acid groups (broad SMARTS) is 1. The van der Waals surface area contributed by atoms with Gasteiger partial charge < -0.3 is 9.84 Å². The molecular weight excluding hydrogens is 263 g/mol. The van der Waals surface area contributed by atoms with E-state index in [1.807, 2.05) is 0 Å². The number of carboxylic acids is 1. The molecule has 0 amide bonds. The van der Waals surface area contributed by atoms with E-state index in [-0.39, 0.29) is 11.5 Å². The maximum Gasteiger partial charge on any atom is 0.338 e. The van der Waals surface area contributed by atoms with Crippen molar-refractivity contribution in [1.82, 2.24) is 0 Å². The third-order valence-electron chi connectivity index (χ3n) is 3.14. The Morgan fingerprint density at radius 3 is 2.45 bits per heavy atom. The van der Waals surface area contributed by atoms with E-state index in [1.54, 1.807) is 20.8 Å². The van der Waals surface area contributed by atoms with Crippen LogP contribution in [0.1, 0.15) is 49.0 Å². The summed E-state index contributed by atoms with van der Waals surface area (Å²) < 4.78 is 19.1. The Kier molecular flexibility index (Phi) is 3.54. The maximum absolute atomic E-state index is 14.0. The van der Waals surface area contributed by atoms with Gasteiger partial charge in [0.05, 0.1) is 11.5 Å². The van der Waals surface area contributed by atoms with Gasteiger partial charge in [-0.15, -0.1) is 0 Å². The van der Waals surface area contributed by atoms with Crippen molar-refractivity contribution in [3.63, 3.8) is 0 Å². The van der Waals surface area contributed by atoms with E-state index in [1.165, 1.54) is 12.1 Å². The van der Waals surface area contributed by atoms with Gasteiger partial charge in [-0.2, -0.15) is 0 Å². The molecule has 0 radical (unpaired) electrons. The van der Waals surface area contributed by atoms with Crippen molar-refractivity contribution in [1.29, 1.82) is 0 Å². The fourth-order valence-electron chi connectivity index (χ4n) is 2.10. The van der Waals surface area contributed by atoms with Gasteiger partial charge in [0.15, 0.2) is 0 Å². The molecule has 1 aliphatic carbocycles. The molecule has 0 spiro atoms. The molecule has 108 valence electrons. The summed E-state index contributed by atoms with van der Waals surface area (Å²) in [5.74, 6) is -2.86. The zero-order valence-electron chi connectivity index (χ0n) is 11.6. The van der Waals surface area contributed by atoms with Crippen molar-refractivity contribution in [2.45, 2.75) is 38.7 Å². The summed E-state index contributed by atoms with van der Waals surface area (Å²) in [6.07, 6.45) is 0.442. The summed E-state index contributed by atoms with van der Waals surface area (Å²) in [6.45, 7) is 5.20. The number of hydrogen-bond donors (Lipinski definition) is 1. The summed E-state index contributed by atoms with van der Waals surface area (Å²) in [6, 6.07) is 4.06. The lowest BCUT2D eigenvalue weighted by Crippen LogP contribution is -2.24. The van der Waals surface area contributed by atoms with Gasteiger partial charge in [-0.3, -0.25) is 4.79 Å². The highest BCUT2D eigenvalue weighted by atomic mass is 19.1. The van der Waals surface area contributed by atoms with E-state index >= 15 is 0 Å². The van der Waals surface area contributed by atoms with E-state index < -0.39 is 29.3 Å². The number of benzene rings is 1. The Morgan fingerprint density at radius 2 is 2.00 bits per heavy atom. The maximum atomic E-state index is 14.0. The van der Waals surface area contributed by atoms with E-state index in [9.17, 15) is 14.0 Å². The second kappa shape index (κ2) is 4.89. The second-order valence-electron chi connectivity index (χ2n) is 6.03. The van der Waals surface area contributed by atoms with Crippen LogP contribution in [0.2, 0.25) is 0 Å². The van der Waals surface area contributed by atoms with Crippen LogP contribution < -0.4 is 0 Å². The molecule has 20 heavy (non-hydrogen) atoms. The van der Waals surface area contributed by atoms with Crippen LogP contribution in [0.5, 0.6) is 0 Å². The number of hydrogen-bond acceptors (Lipinski definition) is 3. The smallest absolute Gasteiger partial charge is 0.338 e. The standard InChI is InChI=1S/C15H17FO4/c1-15(2,3)20-14(19)8-4-5-9(12(16)6-8)10-7-11(10)13(17)18/h4-6,10-11H,7H2,1-3H3,(H,17,18). The largest absolute Gasteiger partial charge is 0.481 e. The number of rotatable bonds is 3. The van der Waals surface area contributed by atoms with E-state index in [4.69, 9.17) is 9.84 Å². The summed E-state index contributed by atoms with van der Waals surface area (Å²) in [7, 11) is 0. The molecule has 2 rings (SSSR count). The van der Waals surface area contributed by atoms with Crippen molar-refractivity contribution in [3.05, 3.63) is 35.1 Å². The number of carbonyl (C=O) groups is 2. The van der Waals surface area contributed by atoms with Crippen LogP contribution in [0.3, 0.4) is 0 Å². The zero-order chi connectivity index (χ0) is 15.1. The monoisotopic (exact) mass is 280 g/mol. The molecule has 1 fully saturated rings. The Bertz CT molecular complexity index is 559. The lowest BCUT2D eigenvalue weighted by atomic mass is 10.1. The molecule has 1 aliphatic rings. The van der Waals surface area contributed by atoms with Crippen molar-refractivity contribution >= 4 is 11.9 Å². The molecule has 1 saturated carbocycles. The number of aliphatic carboxylic acids is 1. The van der Waals surface area contributed by atoms with Crippen molar-refractivity contribution in [3.8, 4) is 0 Å². The Hall–Kier alpha value is -1.91. The van der Waals surface area contributed by atoms with Gasteiger partial charge in [0.1, 0.15) is 11.4 Å². The first-order valence-corrected chi connectivity index (χ1v) is 6.44. The molecule has 0 heterocycles. The van der Waals surface area contributed by atoms with E-state index in [0.29, 0.717) is 12.0 Å². The third-order valence-corrected chi connectivity index (χ3v) is 3.14. The highest BCUT2D eigenvalue weighted by Gasteiger charge is 2.45. The molecule has 1 aromatic rings. The first kappa shape index (κ1) is 14.5. The molecule has 1 N–H and O–H groups in total. The van der Waals surface area contributed by atoms with Gasteiger partial charge in [-0.05, 0) is 44.9 Å². The highest BCUT2D eigenvalue weighted by Crippen LogP contribution is 2.48. The van der Waals surface area contributed by atoms with E-state index in [2.05, 4.69) is 0 Å². The van der Waals surface area contributed by atoms with Crippen molar-refractivity contribution in [2.24, 2.45) is 5.92 Å². The minimum Gasteiger partial charge on any atom is -0.481 e. The molecule has 4 nitrogen and oxygen atoms in total. The Labute approximate surface area is 116 Å². The SMILES string of the molecule is CC(C)(C)OC(=O)c1ccc(C2CC2C(=O)O)c(F)c1. The molecule has 0 aromatic heterocycles. The first-order valence-electron chi connectivity index (χ1n) is 6.44. The fraction of sp³-hybridized carbons (Fsp3) is 0.467. The predicted octanol–water partition coefficient (Wildman–Crippen LogP) is 2.97. The third kappa shape index (κ3) is 3.15. The minimum atomic E-state index is -0.911. The molecule has 2 unspecified atom stereocenters. The van der Waals surface area contributed by atoms with E-state index in [0.717, 1.165) is 6.07 Å². The van der Waals surface area contributed by atoms with Gasteiger partial charge in [0, 0.05) is 5.92 Å². The Morgan fingerprint density at radius 1 is 1.35 bits per heavy atom. The average Bonchev–Trinajstić information content (AvgIpc) is 3.06. The van der Waals surface area contributed by atoms with Gasteiger partial charge in [-0.25, -0.2) is 9.18 Å². The molecule has 2 atom stereocenters. The van der Waals surface area contributed by atoms with Crippen LogP contribution in [0, 0.1) is 11.7 Å². The van der Waals surface area contributed by atoms with Crippen LogP contribution in [0.15, 0.2) is 18.2 Å². The topological polar surface area (TPSA) is 63.6 Å². The lowest BCUT2D eigenvalue weighted by Gasteiger charge is -2.19. The molecular formula is C15H17FO4. The van der Waals surface area contributed by atoms with Crippen LogP contribution >= 0.6 is 0 Å². The quantitative estimate of drug-likeness (QED) is 0.864. The van der Waals surface area contributed by atoms with Gasteiger partial charge in [0.2, 0.25) is 0 Å². The average molecular weight is 280 g/mol. The molecule has 0 bridgehead atoms. The van der Waals surface area contributed by atoms with Crippen LogP contribution in [0.4, 0.5) is 4.39 Å². The fourth-order valence-corrected chi connectivity index (χ4v) is 2.10. The molecule has 1 aromatic carbocycles. The molecule has 5 heteroatoms. The van der Waals surface area contributed by atoms with Crippen LogP contribution in [0.25, 0.3) is 0 Å². The summed E-state index contributed by atoms with van der Waals surface area (Å²) in [5.41, 5.74) is -0.157. The van der Waals surface area contributed by atoms with Crippen molar-refractivity contribution < 1.29 is 23.8 Å². The normalized spacial score (nSPS) is 21.4. The zero-order valence-corrected chi connectivity index (χ0v) is 11.6. The second-order valence-corrected chi connectivity index (χ2v) is 6.03. The lowest BCUT2D eigenvalue weighted by molar-refractivity contribution is -0.138. The number of esters is 1. The summed E-state index contributed by atoms with van der Waals surface area (Å²) in [5, 5.41) is 8.85. The van der Waals surface area contributed by atoms with Gasteiger partial charge >= 0.3 is 11.9 Å². The first-order chi connectivity index (χ1) is 9.19. The summed E-state index contributed by atoms with van der Waals surface area (Å²) in [4.78, 5) is 22.6. The molecule has 0 saturated heterocycles. The molecule has 0 aliphatic heterocycles. The predicted molar refractivity (Wildman–Crippen MR) is 70.1 cm³/mol. The number of halogens is 1. The highest BCUT2D eigenvalue weighted by molar-refractivity contribution is 5.89. The Balaban J connectivity index is 2.15. The van der Waals surface area contributed by atoms with Crippen LogP contribution in [-0.2, 0) is 9.53 Å². The summed E-state index contributed by atoms with van der Waals surface area (Å²) >= 11 is 0.